The minimum absolute atomic E-state index is 0.00926. The minimum atomic E-state index is -0.733. The van der Waals surface area contributed by atoms with Gasteiger partial charge in [-0.15, -0.1) is 0 Å². The van der Waals surface area contributed by atoms with Gasteiger partial charge in [-0.2, -0.15) is 5.10 Å². The summed E-state index contributed by atoms with van der Waals surface area (Å²) in [7, 11) is 0. The minimum Gasteiger partial charge on any atom is -0.461 e. The molecule has 1 aromatic heterocycles. The number of carbonyl (C=O) groups excluding carboxylic acids is 1. The van der Waals surface area contributed by atoms with E-state index in [-0.39, 0.29) is 18.0 Å². The highest BCUT2D eigenvalue weighted by Gasteiger charge is 2.25. The Hall–Kier alpha value is -4.08. The van der Waals surface area contributed by atoms with Crippen LogP contribution in [0.2, 0.25) is 0 Å². The van der Waals surface area contributed by atoms with Crippen molar-refractivity contribution in [2.75, 3.05) is 6.61 Å². The van der Waals surface area contributed by atoms with E-state index in [1.807, 2.05) is 0 Å². The number of hydrogen-bond acceptors (Lipinski definition) is 7. The second-order valence-electron chi connectivity index (χ2n) is 5.60. The number of aromatic nitrogens is 2. The second kappa shape index (κ2) is 7.66. The van der Waals surface area contributed by atoms with Crippen molar-refractivity contribution in [1.82, 2.24) is 9.78 Å². The average molecular weight is 382 g/mol. The van der Waals surface area contributed by atoms with E-state index in [0.29, 0.717) is 11.3 Å². The van der Waals surface area contributed by atoms with Gasteiger partial charge in [0, 0.05) is 11.6 Å². The summed E-state index contributed by atoms with van der Waals surface area (Å²) in [5, 5.41) is 26.6. The molecule has 0 aliphatic rings. The van der Waals surface area contributed by atoms with Crippen LogP contribution in [0.1, 0.15) is 17.4 Å². The highest BCUT2D eigenvalue weighted by molar-refractivity contribution is 5.89. The zero-order valence-electron chi connectivity index (χ0n) is 14.6. The monoisotopic (exact) mass is 382 g/mol. The number of carbonyl (C=O) groups is 1. The number of rotatable bonds is 6. The first-order valence-corrected chi connectivity index (χ1v) is 8.18. The Morgan fingerprint density at radius 2 is 1.79 bits per heavy atom. The summed E-state index contributed by atoms with van der Waals surface area (Å²) in [6.45, 7) is 1.79. The Bertz CT molecular complexity index is 1060. The standard InChI is InChI=1S/C18H14N4O6/c1-2-28-18(23)14-11-16(12-6-4-3-5-7-12)20(19-14)15-9-8-13(21(24)25)10-17(15)22(26)27/h3-11H,2H2,1H3. The SMILES string of the molecule is CCOC(=O)c1cc(-c2ccccc2)n(-c2ccc([N+](=O)[O-])cc2[N+](=O)[O-])n1. The van der Waals surface area contributed by atoms with Crippen LogP contribution in [0, 0.1) is 20.2 Å². The predicted molar refractivity (Wildman–Crippen MR) is 98.3 cm³/mol. The molecule has 1 heterocycles. The number of non-ortho nitro benzene ring substituents is 1. The summed E-state index contributed by atoms with van der Waals surface area (Å²) < 4.78 is 6.17. The highest BCUT2D eigenvalue weighted by Crippen LogP contribution is 2.32. The molecule has 3 rings (SSSR count). The summed E-state index contributed by atoms with van der Waals surface area (Å²) >= 11 is 0. The van der Waals surface area contributed by atoms with Crippen LogP contribution >= 0.6 is 0 Å². The maximum Gasteiger partial charge on any atom is 0.358 e. The first-order chi connectivity index (χ1) is 13.4. The fourth-order valence-corrected chi connectivity index (χ4v) is 2.63. The Balaban J connectivity index is 2.24. The lowest BCUT2D eigenvalue weighted by atomic mass is 10.1. The van der Waals surface area contributed by atoms with Crippen LogP contribution in [0.3, 0.4) is 0 Å². The molecule has 0 atom stereocenters. The van der Waals surface area contributed by atoms with Crippen molar-refractivity contribution >= 4 is 17.3 Å². The fourth-order valence-electron chi connectivity index (χ4n) is 2.63. The molecule has 0 unspecified atom stereocenters. The van der Waals surface area contributed by atoms with Gasteiger partial charge in [0.15, 0.2) is 5.69 Å². The third kappa shape index (κ3) is 3.56. The molecule has 0 N–H and O–H groups in total. The van der Waals surface area contributed by atoms with Gasteiger partial charge in [-0.25, -0.2) is 9.48 Å². The number of hydrogen-bond donors (Lipinski definition) is 0. The Labute approximate surface area is 158 Å². The van der Waals surface area contributed by atoms with Crippen LogP contribution in [0.25, 0.3) is 16.9 Å². The smallest absolute Gasteiger partial charge is 0.358 e. The number of ether oxygens (including phenoxy) is 1. The number of esters is 1. The van der Waals surface area contributed by atoms with Crippen LogP contribution in [-0.4, -0.2) is 32.2 Å². The van der Waals surface area contributed by atoms with E-state index in [4.69, 9.17) is 4.74 Å². The van der Waals surface area contributed by atoms with Crippen molar-refractivity contribution in [3.8, 4) is 16.9 Å². The molecule has 0 amide bonds. The topological polar surface area (TPSA) is 130 Å². The molecule has 0 fully saturated rings. The van der Waals surface area contributed by atoms with Crippen molar-refractivity contribution < 1.29 is 19.4 Å². The molecule has 0 radical (unpaired) electrons. The molecule has 0 spiro atoms. The molecule has 0 aliphatic heterocycles. The van der Waals surface area contributed by atoms with Gasteiger partial charge in [-0.3, -0.25) is 20.2 Å². The summed E-state index contributed by atoms with van der Waals surface area (Å²) in [4.78, 5) is 33.1. The highest BCUT2D eigenvalue weighted by atomic mass is 16.6. The summed E-state index contributed by atoms with van der Waals surface area (Å²) in [5.41, 5.74) is 0.0801. The Morgan fingerprint density at radius 1 is 1.07 bits per heavy atom. The van der Waals surface area contributed by atoms with Gasteiger partial charge in [-0.1, -0.05) is 30.3 Å². The van der Waals surface area contributed by atoms with E-state index >= 15 is 0 Å². The lowest BCUT2D eigenvalue weighted by molar-refractivity contribution is -0.394. The quantitative estimate of drug-likeness (QED) is 0.362. The van der Waals surface area contributed by atoms with E-state index in [9.17, 15) is 25.0 Å². The molecule has 10 heteroatoms. The molecule has 0 saturated carbocycles. The van der Waals surface area contributed by atoms with E-state index in [1.54, 1.807) is 37.3 Å². The van der Waals surface area contributed by atoms with Gasteiger partial charge in [0.2, 0.25) is 0 Å². The van der Waals surface area contributed by atoms with Crippen LogP contribution in [0.5, 0.6) is 0 Å². The van der Waals surface area contributed by atoms with Gasteiger partial charge in [0.05, 0.1) is 28.2 Å². The Morgan fingerprint density at radius 3 is 2.39 bits per heavy atom. The van der Waals surface area contributed by atoms with Gasteiger partial charge in [0.25, 0.3) is 5.69 Å². The van der Waals surface area contributed by atoms with Crippen molar-refractivity contribution in [3.63, 3.8) is 0 Å². The summed E-state index contributed by atoms with van der Waals surface area (Å²) in [5.74, 6) is -0.678. The normalized spacial score (nSPS) is 10.5. The summed E-state index contributed by atoms with van der Waals surface area (Å²) in [6, 6.07) is 13.5. The Kier molecular flexibility index (Phi) is 5.12. The van der Waals surface area contributed by atoms with E-state index in [0.717, 1.165) is 12.1 Å². The van der Waals surface area contributed by atoms with Crippen molar-refractivity contribution in [3.05, 3.63) is 80.5 Å². The van der Waals surface area contributed by atoms with Gasteiger partial charge in [0.1, 0.15) is 5.69 Å². The molecule has 2 aromatic carbocycles. The lowest BCUT2D eigenvalue weighted by Crippen LogP contribution is -2.08. The third-order valence-electron chi connectivity index (χ3n) is 3.86. The number of benzene rings is 2. The molecule has 0 saturated heterocycles. The van der Waals surface area contributed by atoms with Gasteiger partial charge >= 0.3 is 11.7 Å². The molecule has 10 nitrogen and oxygen atoms in total. The molecule has 0 bridgehead atoms. The second-order valence-corrected chi connectivity index (χ2v) is 5.60. The molecule has 3 aromatic rings. The lowest BCUT2D eigenvalue weighted by Gasteiger charge is -2.08. The third-order valence-corrected chi connectivity index (χ3v) is 3.86. The molecule has 28 heavy (non-hydrogen) atoms. The van der Waals surface area contributed by atoms with Crippen LogP contribution < -0.4 is 0 Å². The average Bonchev–Trinajstić information content (AvgIpc) is 3.13. The zero-order chi connectivity index (χ0) is 20.3. The number of nitro groups is 2. The van der Waals surface area contributed by atoms with Crippen LogP contribution in [-0.2, 0) is 4.74 Å². The molecule has 142 valence electrons. The van der Waals surface area contributed by atoms with E-state index in [2.05, 4.69) is 5.10 Å². The van der Waals surface area contributed by atoms with Crippen LogP contribution in [0.4, 0.5) is 11.4 Å². The van der Waals surface area contributed by atoms with E-state index < -0.39 is 27.2 Å². The number of nitrogens with zero attached hydrogens (tertiary/aromatic N) is 4. The maximum absolute atomic E-state index is 12.1. The van der Waals surface area contributed by atoms with Gasteiger partial charge in [-0.05, 0) is 19.1 Å². The van der Waals surface area contributed by atoms with E-state index in [1.165, 1.54) is 16.8 Å². The molecular formula is C18H14N4O6. The van der Waals surface area contributed by atoms with Gasteiger partial charge < -0.3 is 4.74 Å². The fraction of sp³-hybridized carbons (Fsp3) is 0.111. The van der Waals surface area contributed by atoms with Crippen molar-refractivity contribution in [1.29, 1.82) is 0 Å². The maximum atomic E-state index is 12.1. The molecular weight excluding hydrogens is 368 g/mol. The first kappa shape index (κ1) is 18.7. The van der Waals surface area contributed by atoms with Crippen LogP contribution in [0.15, 0.2) is 54.6 Å². The zero-order valence-corrected chi connectivity index (χ0v) is 14.6. The summed E-state index contributed by atoms with van der Waals surface area (Å²) in [6.07, 6.45) is 0. The first-order valence-electron chi connectivity index (χ1n) is 8.18. The van der Waals surface area contributed by atoms with Crippen molar-refractivity contribution in [2.24, 2.45) is 0 Å². The predicted octanol–water partition coefficient (Wildman–Crippen LogP) is 3.53. The number of nitro benzene ring substituents is 2. The largest absolute Gasteiger partial charge is 0.461 e. The molecule has 0 aliphatic carbocycles. The van der Waals surface area contributed by atoms with Crippen molar-refractivity contribution in [2.45, 2.75) is 6.92 Å².